The van der Waals surface area contributed by atoms with E-state index in [9.17, 15) is 14.4 Å². The van der Waals surface area contributed by atoms with Gasteiger partial charge in [-0.05, 0) is 36.5 Å². The van der Waals surface area contributed by atoms with Gasteiger partial charge in [0.05, 0.1) is 12.2 Å². The van der Waals surface area contributed by atoms with Gasteiger partial charge in [0.15, 0.2) is 0 Å². The highest BCUT2D eigenvalue weighted by Gasteiger charge is 2.16. The number of rotatable bonds is 4. The summed E-state index contributed by atoms with van der Waals surface area (Å²) in [5.41, 5.74) is 0.295. The van der Waals surface area contributed by atoms with Gasteiger partial charge in [-0.1, -0.05) is 12.1 Å². The van der Waals surface area contributed by atoms with Crippen LogP contribution in [0.3, 0.4) is 0 Å². The van der Waals surface area contributed by atoms with Crippen molar-refractivity contribution in [3.8, 4) is 11.1 Å². The number of hydrogen-bond acceptors (Lipinski definition) is 4. The Morgan fingerprint density at radius 2 is 2.21 bits per heavy atom. The Morgan fingerprint density at radius 3 is 2.96 bits per heavy atom. The van der Waals surface area contributed by atoms with Crippen LogP contribution in [-0.4, -0.2) is 35.6 Å². The lowest BCUT2D eigenvalue weighted by Crippen LogP contribution is -2.33. The Balaban J connectivity index is 1.73. The second-order valence-corrected chi connectivity index (χ2v) is 5.86. The third-order valence-corrected chi connectivity index (χ3v) is 4.06. The van der Waals surface area contributed by atoms with Crippen LogP contribution in [0.4, 0.5) is 0 Å². The molecule has 0 unspecified atom stereocenters. The Kier molecular flexibility index (Phi) is 4.90. The molecule has 0 bridgehead atoms. The lowest BCUT2D eigenvalue weighted by molar-refractivity contribution is 0.0536. The average molecular weight is 329 g/mol. The van der Waals surface area contributed by atoms with E-state index in [0.717, 1.165) is 19.4 Å². The van der Waals surface area contributed by atoms with E-state index in [0.29, 0.717) is 35.8 Å². The maximum Gasteiger partial charge on any atom is 0.325 e. The highest BCUT2D eigenvalue weighted by molar-refractivity contribution is 5.95. The summed E-state index contributed by atoms with van der Waals surface area (Å²) in [4.78, 5) is 39.9. The molecule has 2 heterocycles. The van der Waals surface area contributed by atoms with Crippen molar-refractivity contribution in [2.75, 3.05) is 19.8 Å². The minimum absolute atomic E-state index is 0.191. The average Bonchev–Trinajstić information content (AvgIpc) is 2.60. The number of aromatic amines is 2. The second kappa shape index (κ2) is 7.27. The summed E-state index contributed by atoms with van der Waals surface area (Å²) in [6, 6.07) is 6.75. The van der Waals surface area contributed by atoms with E-state index in [1.165, 1.54) is 6.20 Å². The lowest BCUT2D eigenvalue weighted by Gasteiger charge is -2.22. The molecule has 0 aliphatic carbocycles. The predicted molar refractivity (Wildman–Crippen MR) is 89.0 cm³/mol. The molecule has 1 fully saturated rings. The molecule has 0 radical (unpaired) electrons. The Morgan fingerprint density at radius 1 is 1.33 bits per heavy atom. The van der Waals surface area contributed by atoms with Crippen molar-refractivity contribution in [1.29, 1.82) is 0 Å². The zero-order valence-electron chi connectivity index (χ0n) is 13.1. The van der Waals surface area contributed by atoms with Gasteiger partial charge in [-0.2, -0.15) is 0 Å². The normalized spacial score (nSPS) is 17.4. The van der Waals surface area contributed by atoms with Crippen LogP contribution in [0.5, 0.6) is 0 Å². The van der Waals surface area contributed by atoms with Gasteiger partial charge < -0.3 is 15.0 Å². The summed E-state index contributed by atoms with van der Waals surface area (Å²) in [7, 11) is 0. The monoisotopic (exact) mass is 329 g/mol. The van der Waals surface area contributed by atoms with E-state index in [-0.39, 0.29) is 5.91 Å². The number of carbonyl (C=O) groups excluding carboxylic acids is 1. The van der Waals surface area contributed by atoms with Crippen molar-refractivity contribution in [2.24, 2.45) is 5.92 Å². The molecule has 3 rings (SSSR count). The van der Waals surface area contributed by atoms with Crippen LogP contribution in [0.2, 0.25) is 0 Å². The fraction of sp³-hybridized carbons (Fsp3) is 0.353. The first-order chi connectivity index (χ1) is 11.6. The van der Waals surface area contributed by atoms with Gasteiger partial charge in [0.2, 0.25) is 0 Å². The molecule has 24 heavy (non-hydrogen) atoms. The van der Waals surface area contributed by atoms with E-state index in [2.05, 4.69) is 15.3 Å². The molecule has 0 spiro atoms. The largest absolute Gasteiger partial charge is 0.381 e. The van der Waals surface area contributed by atoms with Gasteiger partial charge in [-0.25, -0.2) is 4.79 Å². The SMILES string of the molecule is O=C(NC[C@@H]1CCCOC1)c1cccc(-c2c[nH]c(=O)[nH]c2=O)c1. The van der Waals surface area contributed by atoms with Gasteiger partial charge in [0.25, 0.3) is 11.5 Å². The maximum atomic E-state index is 12.3. The third-order valence-electron chi connectivity index (χ3n) is 4.06. The fourth-order valence-electron chi connectivity index (χ4n) is 2.76. The van der Waals surface area contributed by atoms with Crippen LogP contribution in [0, 0.1) is 5.92 Å². The summed E-state index contributed by atoms with van der Waals surface area (Å²) >= 11 is 0. The van der Waals surface area contributed by atoms with Crippen LogP contribution in [0.15, 0.2) is 40.1 Å². The molecule has 1 amide bonds. The summed E-state index contributed by atoms with van der Waals surface area (Å²) in [5.74, 6) is 0.149. The molecular weight excluding hydrogens is 310 g/mol. The molecule has 1 aromatic carbocycles. The van der Waals surface area contributed by atoms with E-state index in [1.807, 2.05) is 0 Å². The molecule has 1 aliphatic rings. The molecule has 2 aromatic rings. The number of carbonyl (C=O) groups is 1. The topological polar surface area (TPSA) is 104 Å². The number of hydrogen-bond donors (Lipinski definition) is 3. The van der Waals surface area contributed by atoms with Gasteiger partial charge in [-0.3, -0.25) is 14.6 Å². The fourth-order valence-corrected chi connectivity index (χ4v) is 2.76. The molecule has 1 saturated heterocycles. The van der Waals surface area contributed by atoms with Crippen LogP contribution < -0.4 is 16.6 Å². The second-order valence-electron chi connectivity index (χ2n) is 5.86. The highest BCUT2D eigenvalue weighted by atomic mass is 16.5. The van der Waals surface area contributed by atoms with Crippen molar-refractivity contribution >= 4 is 5.91 Å². The smallest absolute Gasteiger partial charge is 0.325 e. The summed E-state index contributed by atoms with van der Waals surface area (Å²) in [6.07, 6.45) is 3.41. The summed E-state index contributed by atoms with van der Waals surface area (Å²) in [5, 5.41) is 2.91. The van der Waals surface area contributed by atoms with Crippen molar-refractivity contribution in [3.63, 3.8) is 0 Å². The first-order valence-electron chi connectivity index (χ1n) is 7.92. The first-order valence-corrected chi connectivity index (χ1v) is 7.92. The van der Waals surface area contributed by atoms with E-state index in [1.54, 1.807) is 24.3 Å². The van der Waals surface area contributed by atoms with Crippen molar-refractivity contribution in [1.82, 2.24) is 15.3 Å². The Labute approximate surface area is 138 Å². The molecule has 1 aromatic heterocycles. The molecule has 126 valence electrons. The summed E-state index contributed by atoms with van der Waals surface area (Å²) in [6.45, 7) is 2.04. The van der Waals surface area contributed by atoms with E-state index in [4.69, 9.17) is 4.74 Å². The minimum Gasteiger partial charge on any atom is -0.381 e. The standard InChI is InChI=1S/C17H19N3O4/c21-15(18-8-11-3-2-6-24-10-11)13-5-1-4-12(7-13)14-9-19-17(23)20-16(14)22/h1,4-5,7,9,11H,2-3,6,8,10H2,(H,18,21)(H2,19,20,22,23)/t11-/m0/s1. The van der Waals surface area contributed by atoms with Crippen molar-refractivity contribution < 1.29 is 9.53 Å². The number of benzene rings is 1. The molecule has 1 atom stereocenters. The van der Waals surface area contributed by atoms with Crippen molar-refractivity contribution in [3.05, 3.63) is 56.9 Å². The molecule has 7 heteroatoms. The number of H-pyrrole nitrogens is 2. The molecular formula is C17H19N3O4. The Hall–Kier alpha value is -2.67. The van der Waals surface area contributed by atoms with Crippen LogP contribution in [0.25, 0.3) is 11.1 Å². The minimum atomic E-state index is -0.563. The quantitative estimate of drug-likeness (QED) is 0.775. The van der Waals surface area contributed by atoms with E-state index >= 15 is 0 Å². The molecule has 3 N–H and O–H groups in total. The van der Waals surface area contributed by atoms with Gasteiger partial charge >= 0.3 is 5.69 Å². The number of nitrogens with one attached hydrogen (secondary N) is 3. The molecule has 0 saturated carbocycles. The predicted octanol–water partition coefficient (Wildman–Crippen LogP) is 0.887. The van der Waals surface area contributed by atoms with Gasteiger partial charge in [0, 0.05) is 24.9 Å². The maximum absolute atomic E-state index is 12.3. The molecule has 7 nitrogen and oxygen atoms in total. The van der Waals surface area contributed by atoms with Gasteiger partial charge in [0.1, 0.15) is 0 Å². The summed E-state index contributed by atoms with van der Waals surface area (Å²) < 4.78 is 5.40. The third kappa shape index (κ3) is 3.80. The first kappa shape index (κ1) is 16.2. The van der Waals surface area contributed by atoms with Crippen LogP contribution in [-0.2, 0) is 4.74 Å². The number of amides is 1. The number of aromatic nitrogens is 2. The van der Waals surface area contributed by atoms with Crippen molar-refractivity contribution in [2.45, 2.75) is 12.8 Å². The van der Waals surface area contributed by atoms with E-state index < -0.39 is 11.2 Å². The van der Waals surface area contributed by atoms with Crippen LogP contribution >= 0.6 is 0 Å². The number of ether oxygens (including phenoxy) is 1. The van der Waals surface area contributed by atoms with Crippen LogP contribution in [0.1, 0.15) is 23.2 Å². The zero-order valence-corrected chi connectivity index (χ0v) is 13.1. The molecule has 1 aliphatic heterocycles. The zero-order chi connectivity index (χ0) is 16.9. The Bertz CT molecular complexity index is 834. The lowest BCUT2D eigenvalue weighted by atomic mass is 10.0. The van der Waals surface area contributed by atoms with Gasteiger partial charge in [-0.15, -0.1) is 0 Å². The highest BCUT2D eigenvalue weighted by Crippen LogP contribution is 2.16.